The van der Waals surface area contributed by atoms with Crippen molar-refractivity contribution in [2.24, 2.45) is 0 Å². The third kappa shape index (κ3) is 3.82. The van der Waals surface area contributed by atoms with E-state index in [1.165, 1.54) is 0 Å². The summed E-state index contributed by atoms with van der Waals surface area (Å²) in [5, 5.41) is 15.0. The molecule has 6 nitrogen and oxygen atoms in total. The molecule has 2 atom stereocenters. The third-order valence-electron chi connectivity index (χ3n) is 2.74. The van der Waals surface area contributed by atoms with Crippen molar-refractivity contribution in [3.8, 4) is 0 Å². The van der Waals surface area contributed by atoms with Crippen LogP contribution in [0.25, 0.3) is 0 Å². The largest absolute Gasteiger partial charge is 0.390 e. The lowest BCUT2D eigenvalue weighted by molar-refractivity contribution is 0.167. The molecule has 0 bridgehead atoms. The van der Waals surface area contributed by atoms with E-state index in [0.717, 1.165) is 0 Å². The van der Waals surface area contributed by atoms with Gasteiger partial charge in [-0.2, -0.15) is 0 Å². The quantitative estimate of drug-likeness (QED) is 0.746. The van der Waals surface area contributed by atoms with E-state index >= 15 is 0 Å². The topological polar surface area (TPSA) is 95.5 Å². The minimum absolute atomic E-state index is 0.248. The second-order valence-corrected chi connectivity index (χ2v) is 6.95. The molecule has 1 heterocycles. The van der Waals surface area contributed by atoms with Crippen molar-refractivity contribution < 1.29 is 18.3 Å². The van der Waals surface area contributed by atoms with Crippen LogP contribution in [-0.2, 0) is 9.84 Å². The molecule has 0 saturated carbocycles. The summed E-state index contributed by atoms with van der Waals surface area (Å²) in [4.78, 5) is 11.6. The number of urea groups is 1. The van der Waals surface area contributed by atoms with Crippen LogP contribution in [0.3, 0.4) is 0 Å². The highest BCUT2D eigenvalue weighted by molar-refractivity contribution is 7.91. The summed E-state index contributed by atoms with van der Waals surface area (Å²) >= 11 is 5.71. The van der Waals surface area contributed by atoms with E-state index in [9.17, 15) is 18.3 Å². The average molecular weight is 305 g/mol. The van der Waals surface area contributed by atoms with Crippen molar-refractivity contribution in [3.63, 3.8) is 0 Å². The van der Waals surface area contributed by atoms with E-state index in [1.54, 1.807) is 24.3 Å². The van der Waals surface area contributed by atoms with Gasteiger partial charge in [-0.1, -0.05) is 11.6 Å². The minimum Gasteiger partial charge on any atom is -0.390 e. The summed E-state index contributed by atoms with van der Waals surface area (Å²) in [6, 6.07) is 5.12. The van der Waals surface area contributed by atoms with E-state index in [2.05, 4.69) is 10.6 Å². The molecule has 0 aromatic heterocycles. The fourth-order valence-electron chi connectivity index (χ4n) is 1.84. The molecule has 2 amide bonds. The molecule has 8 heteroatoms. The molecule has 1 aromatic carbocycles. The van der Waals surface area contributed by atoms with Gasteiger partial charge in [0.1, 0.15) is 0 Å². The second kappa shape index (κ2) is 5.36. The minimum atomic E-state index is -3.28. The Bertz CT molecular complexity index is 573. The van der Waals surface area contributed by atoms with Crippen molar-refractivity contribution in [1.82, 2.24) is 5.32 Å². The zero-order chi connectivity index (χ0) is 14.0. The van der Waals surface area contributed by atoms with Gasteiger partial charge in [0.05, 0.1) is 23.7 Å². The highest BCUT2D eigenvalue weighted by Crippen LogP contribution is 2.15. The predicted molar refractivity (Wildman–Crippen MR) is 72.1 cm³/mol. The fourth-order valence-corrected chi connectivity index (χ4v) is 3.70. The Hall–Kier alpha value is -1.31. The number of nitrogens with one attached hydrogen (secondary N) is 2. The molecule has 0 unspecified atom stereocenters. The number of halogens is 1. The van der Waals surface area contributed by atoms with Crippen molar-refractivity contribution in [3.05, 3.63) is 29.3 Å². The highest BCUT2D eigenvalue weighted by Gasteiger charge is 2.37. The molecular weight excluding hydrogens is 292 g/mol. The van der Waals surface area contributed by atoms with Gasteiger partial charge in [-0.3, -0.25) is 0 Å². The molecule has 2 rings (SSSR count). The lowest BCUT2D eigenvalue weighted by Crippen LogP contribution is -2.44. The molecule has 0 spiro atoms. The van der Waals surface area contributed by atoms with Crippen LogP contribution in [0, 0.1) is 0 Å². The van der Waals surface area contributed by atoms with Crippen LogP contribution in [0.1, 0.15) is 0 Å². The lowest BCUT2D eigenvalue weighted by Gasteiger charge is -2.15. The van der Waals surface area contributed by atoms with Gasteiger partial charge in [0.2, 0.25) is 0 Å². The summed E-state index contributed by atoms with van der Waals surface area (Å²) < 4.78 is 22.6. The van der Waals surface area contributed by atoms with Crippen LogP contribution in [-0.4, -0.2) is 43.2 Å². The first-order valence-corrected chi connectivity index (χ1v) is 7.77. The van der Waals surface area contributed by atoms with Crippen molar-refractivity contribution in [2.75, 3.05) is 16.8 Å². The molecule has 104 valence electrons. The van der Waals surface area contributed by atoms with Crippen molar-refractivity contribution >= 4 is 33.2 Å². The summed E-state index contributed by atoms with van der Waals surface area (Å²) in [7, 11) is -3.28. The Morgan fingerprint density at radius 2 is 1.89 bits per heavy atom. The van der Waals surface area contributed by atoms with E-state index in [1.807, 2.05) is 0 Å². The van der Waals surface area contributed by atoms with Gasteiger partial charge >= 0.3 is 6.03 Å². The summed E-state index contributed by atoms with van der Waals surface area (Å²) in [6.07, 6.45) is -1.07. The Morgan fingerprint density at radius 3 is 2.42 bits per heavy atom. The first kappa shape index (κ1) is 14.1. The van der Waals surface area contributed by atoms with Gasteiger partial charge in [-0.05, 0) is 24.3 Å². The number of carbonyl (C=O) groups excluding carboxylic acids is 1. The van der Waals surface area contributed by atoms with Crippen LogP contribution >= 0.6 is 11.6 Å². The van der Waals surface area contributed by atoms with Gasteiger partial charge < -0.3 is 15.7 Å². The average Bonchev–Trinajstić information content (AvgIpc) is 2.55. The number of hydrogen-bond acceptors (Lipinski definition) is 4. The van der Waals surface area contributed by atoms with Gasteiger partial charge in [0, 0.05) is 10.7 Å². The van der Waals surface area contributed by atoms with Gasteiger partial charge in [0.25, 0.3) is 0 Å². The molecule has 1 aliphatic rings. The summed E-state index contributed by atoms with van der Waals surface area (Å²) in [5.41, 5.74) is 0.525. The number of aliphatic hydroxyl groups is 1. The maximum absolute atomic E-state index is 11.6. The Labute approximate surface area is 115 Å². The Kier molecular flexibility index (Phi) is 3.98. The van der Waals surface area contributed by atoms with Crippen molar-refractivity contribution in [2.45, 2.75) is 12.1 Å². The molecule has 0 radical (unpaired) electrons. The van der Waals surface area contributed by atoms with Gasteiger partial charge in [0.15, 0.2) is 9.84 Å². The Morgan fingerprint density at radius 1 is 1.26 bits per heavy atom. The number of amides is 2. The van der Waals surface area contributed by atoms with Crippen LogP contribution in [0.2, 0.25) is 5.02 Å². The number of hydrogen-bond donors (Lipinski definition) is 3. The number of anilines is 1. The first-order valence-electron chi connectivity index (χ1n) is 5.57. The van der Waals surface area contributed by atoms with Crippen LogP contribution in [0.15, 0.2) is 24.3 Å². The van der Waals surface area contributed by atoms with E-state index in [-0.39, 0.29) is 11.5 Å². The number of benzene rings is 1. The first-order chi connectivity index (χ1) is 8.85. The monoisotopic (exact) mass is 304 g/mol. The van der Waals surface area contributed by atoms with Gasteiger partial charge in [-0.25, -0.2) is 13.2 Å². The molecule has 1 aromatic rings. The van der Waals surface area contributed by atoms with Crippen molar-refractivity contribution in [1.29, 1.82) is 0 Å². The zero-order valence-electron chi connectivity index (χ0n) is 9.84. The van der Waals surface area contributed by atoms with E-state index in [0.29, 0.717) is 10.7 Å². The normalized spacial score (nSPS) is 24.9. The number of aliphatic hydroxyl groups excluding tert-OH is 1. The standard InChI is InChI=1S/C11H13ClN2O4S/c12-7-1-3-8(4-2-7)13-11(16)14-9-5-19(17,18)6-10(9)15/h1-4,9-10,15H,5-6H2,(H2,13,14,16)/t9-,10+/m0/s1. The molecule has 3 N–H and O–H groups in total. The SMILES string of the molecule is O=C(Nc1ccc(Cl)cc1)N[C@H]1CS(=O)(=O)C[C@H]1O. The third-order valence-corrected chi connectivity index (χ3v) is 4.71. The molecule has 1 fully saturated rings. The molecule has 19 heavy (non-hydrogen) atoms. The van der Waals surface area contributed by atoms with E-state index in [4.69, 9.17) is 11.6 Å². The predicted octanol–water partition coefficient (Wildman–Crippen LogP) is 0.619. The summed E-state index contributed by atoms with van der Waals surface area (Å²) in [5.74, 6) is -0.568. The summed E-state index contributed by atoms with van der Waals surface area (Å²) in [6.45, 7) is 0. The maximum atomic E-state index is 11.6. The van der Waals surface area contributed by atoms with E-state index < -0.39 is 28.0 Å². The van der Waals surface area contributed by atoms with Crippen LogP contribution in [0.5, 0.6) is 0 Å². The van der Waals surface area contributed by atoms with Gasteiger partial charge in [-0.15, -0.1) is 0 Å². The molecule has 1 saturated heterocycles. The van der Waals surface area contributed by atoms with Crippen LogP contribution < -0.4 is 10.6 Å². The lowest BCUT2D eigenvalue weighted by atomic mass is 10.2. The molecule has 1 aliphatic heterocycles. The molecule has 0 aliphatic carbocycles. The second-order valence-electron chi connectivity index (χ2n) is 4.36. The smallest absolute Gasteiger partial charge is 0.319 e. The number of carbonyl (C=O) groups is 1. The zero-order valence-corrected chi connectivity index (χ0v) is 11.4. The highest BCUT2D eigenvalue weighted by atomic mass is 35.5. The number of sulfone groups is 1. The Balaban J connectivity index is 1.93. The fraction of sp³-hybridized carbons (Fsp3) is 0.364. The van der Waals surface area contributed by atoms with Crippen LogP contribution in [0.4, 0.5) is 10.5 Å². The number of rotatable bonds is 2. The maximum Gasteiger partial charge on any atom is 0.319 e. The molecular formula is C11H13ClN2O4S.